The number of rotatable bonds is 4. The zero-order chi connectivity index (χ0) is 14.7. The molecule has 0 aromatic carbocycles. The van der Waals surface area contributed by atoms with Gasteiger partial charge in [-0.15, -0.1) is 0 Å². The van der Waals surface area contributed by atoms with Crippen LogP contribution in [-0.4, -0.2) is 9.79 Å². The van der Waals surface area contributed by atoms with E-state index in [2.05, 4.69) is 26.8 Å². The molecule has 1 aliphatic rings. The van der Waals surface area contributed by atoms with Crippen molar-refractivity contribution in [1.82, 2.24) is 0 Å². The Hall–Kier alpha value is -0.630. The van der Waals surface area contributed by atoms with Crippen LogP contribution in [0.1, 0.15) is 47.0 Å². The van der Waals surface area contributed by atoms with E-state index in [1.165, 1.54) is 24.0 Å². The van der Waals surface area contributed by atoms with Gasteiger partial charge in [0.25, 0.3) is 0 Å². The van der Waals surface area contributed by atoms with Gasteiger partial charge in [0.1, 0.15) is 0 Å². The molecule has 3 nitrogen and oxygen atoms in total. The Morgan fingerprint density at radius 2 is 1.95 bits per heavy atom. The molecule has 0 saturated heterocycles. The number of hydrogen-bond donors (Lipinski definition) is 2. The summed E-state index contributed by atoms with van der Waals surface area (Å²) < 4.78 is 10.8. The third-order valence-electron chi connectivity index (χ3n) is 3.69. The Labute approximate surface area is 116 Å². The lowest BCUT2D eigenvalue weighted by Crippen LogP contribution is -2.19. The summed E-state index contributed by atoms with van der Waals surface area (Å²) in [6.45, 7) is 8.61. The van der Waals surface area contributed by atoms with Crippen LogP contribution in [0.3, 0.4) is 0 Å². The monoisotopic (exact) mass is 284 g/mol. The molecule has 1 aliphatic carbocycles. The van der Waals surface area contributed by atoms with Crippen LogP contribution < -0.4 is 0 Å². The molecule has 0 bridgehead atoms. The average Bonchev–Trinajstić information content (AvgIpc) is 2.23. The van der Waals surface area contributed by atoms with Gasteiger partial charge in [0.2, 0.25) is 0 Å². The van der Waals surface area contributed by atoms with Crippen LogP contribution in [0, 0.1) is 11.3 Å². The highest BCUT2D eigenvalue weighted by Gasteiger charge is 2.26. The summed E-state index contributed by atoms with van der Waals surface area (Å²) in [5.74, 6) is 1.00. The lowest BCUT2D eigenvalue weighted by molar-refractivity contribution is 0.376. The quantitative estimate of drug-likeness (QED) is 0.752. The summed E-state index contributed by atoms with van der Waals surface area (Å²) in [5, 5.41) is 0. The number of hydrogen-bond acceptors (Lipinski definition) is 1. The van der Waals surface area contributed by atoms with Gasteiger partial charge in [0.05, 0.1) is 0 Å². The first-order valence-electron chi connectivity index (χ1n) is 6.75. The molecule has 0 radical (unpaired) electrons. The Bertz CT molecular complexity index is 452. The first-order valence-corrected chi connectivity index (χ1v) is 8.43. The van der Waals surface area contributed by atoms with E-state index in [-0.39, 0.29) is 11.3 Å². The highest BCUT2D eigenvalue weighted by molar-refractivity contribution is 7.55. The van der Waals surface area contributed by atoms with Crippen molar-refractivity contribution in [2.45, 2.75) is 47.0 Å². The van der Waals surface area contributed by atoms with Gasteiger partial charge in [-0.3, -0.25) is 4.57 Å². The maximum Gasteiger partial charge on any atom is 0.348 e. The maximum absolute atomic E-state index is 10.8. The molecular formula is C15H25O3P. The molecule has 1 unspecified atom stereocenters. The van der Waals surface area contributed by atoms with Crippen LogP contribution in [-0.2, 0) is 4.57 Å². The van der Waals surface area contributed by atoms with Crippen molar-refractivity contribution in [2.24, 2.45) is 11.3 Å². The lowest BCUT2D eigenvalue weighted by atomic mass is 9.72. The van der Waals surface area contributed by atoms with E-state index in [0.29, 0.717) is 0 Å². The predicted octanol–water partition coefficient (Wildman–Crippen LogP) is 4.40. The molecule has 0 amide bonds. The van der Waals surface area contributed by atoms with Crippen molar-refractivity contribution in [1.29, 1.82) is 0 Å². The van der Waals surface area contributed by atoms with E-state index in [1.807, 2.05) is 13.0 Å². The smallest absolute Gasteiger partial charge is 0.321 e. The molecule has 4 heteroatoms. The fourth-order valence-corrected chi connectivity index (χ4v) is 3.07. The molecule has 2 N–H and O–H groups in total. The second-order valence-electron chi connectivity index (χ2n) is 6.08. The van der Waals surface area contributed by atoms with Crippen LogP contribution >= 0.6 is 7.60 Å². The van der Waals surface area contributed by atoms with Gasteiger partial charge in [-0.25, -0.2) is 0 Å². The van der Waals surface area contributed by atoms with Crippen LogP contribution in [0.4, 0.5) is 0 Å². The van der Waals surface area contributed by atoms with Crippen LogP contribution in [0.2, 0.25) is 0 Å². The SMILES string of the molecule is CC1=C(C=CC(C)C=CP(=O)(O)O)C(C)(C)CCC1. The summed E-state index contributed by atoms with van der Waals surface area (Å²) in [4.78, 5) is 17.6. The Morgan fingerprint density at radius 1 is 1.32 bits per heavy atom. The molecule has 0 spiro atoms. The van der Waals surface area contributed by atoms with Gasteiger partial charge in [0, 0.05) is 5.82 Å². The molecule has 19 heavy (non-hydrogen) atoms. The standard InChI is InChI=1S/C15H25O3P/c1-12(9-11-19(16,17)18)7-8-14-13(2)6-5-10-15(14,3)4/h7-9,11-12H,5-6,10H2,1-4H3,(H2,16,17,18). The normalized spacial score (nSPS) is 22.4. The fourth-order valence-electron chi connectivity index (χ4n) is 2.57. The Kier molecular flexibility index (Phi) is 5.37. The summed E-state index contributed by atoms with van der Waals surface area (Å²) in [6, 6.07) is 0. The van der Waals surface area contributed by atoms with Gasteiger partial charge < -0.3 is 9.79 Å². The van der Waals surface area contributed by atoms with E-state index in [1.54, 1.807) is 6.08 Å². The van der Waals surface area contributed by atoms with Gasteiger partial charge in [-0.05, 0) is 43.1 Å². The van der Waals surface area contributed by atoms with Gasteiger partial charge >= 0.3 is 7.60 Å². The Balaban J connectivity index is 2.81. The molecule has 0 fully saturated rings. The zero-order valence-electron chi connectivity index (χ0n) is 12.3. The van der Waals surface area contributed by atoms with Crippen molar-refractivity contribution in [3.63, 3.8) is 0 Å². The molecule has 0 saturated carbocycles. The van der Waals surface area contributed by atoms with E-state index in [0.717, 1.165) is 12.2 Å². The minimum atomic E-state index is -4.04. The first-order chi connectivity index (χ1) is 8.62. The van der Waals surface area contributed by atoms with Gasteiger partial charge in [0.15, 0.2) is 0 Å². The third-order valence-corrected chi connectivity index (χ3v) is 4.25. The molecule has 1 atom stereocenters. The Morgan fingerprint density at radius 3 is 2.47 bits per heavy atom. The predicted molar refractivity (Wildman–Crippen MR) is 79.8 cm³/mol. The van der Waals surface area contributed by atoms with Crippen molar-refractivity contribution >= 4 is 7.60 Å². The molecule has 0 aliphatic heterocycles. The van der Waals surface area contributed by atoms with E-state index < -0.39 is 7.60 Å². The summed E-state index contributed by atoms with van der Waals surface area (Å²) in [5.41, 5.74) is 3.00. The second-order valence-corrected chi connectivity index (χ2v) is 7.56. The summed E-state index contributed by atoms with van der Waals surface area (Å²) >= 11 is 0. The van der Waals surface area contributed by atoms with Crippen molar-refractivity contribution < 1.29 is 14.4 Å². The van der Waals surface area contributed by atoms with Crippen molar-refractivity contribution in [3.05, 3.63) is 35.2 Å². The molecular weight excluding hydrogens is 259 g/mol. The van der Waals surface area contributed by atoms with Crippen molar-refractivity contribution in [3.8, 4) is 0 Å². The van der Waals surface area contributed by atoms with Gasteiger partial charge in [-0.1, -0.05) is 44.6 Å². The lowest BCUT2D eigenvalue weighted by Gasteiger charge is -2.33. The maximum atomic E-state index is 10.8. The minimum Gasteiger partial charge on any atom is -0.321 e. The topological polar surface area (TPSA) is 57.5 Å². The van der Waals surface area contributed by atoms with Crippen molar-refractivity contribution in [2.75, 3.05) is 0 Å². The third kappa shape index (κ3) is 5.48. The second kappa shape index (κ2) is 6.21. The van der Waals surface area contributed by atoms with Crippen LogP contribution in [0.25, 0.3) is 0 Å². The minimum absolute atomic E-state index is 0.0191. The molecule has 0 heterocycles. The highest BCUT2D eigenvalue weighted by Crippen LogP contribution is 2.41. The average molecular weight is 284 g/mol. The molecule has 108 valence electrons. The fraction of sp³-hybridized carbons (Fsp3) is 0.600. The summed E-state index contributed by atoms with van der Waals surface area (Å²) in [7, 11) is -4.04. The van der Waals surface area contributed by atoms with E-state index in [4.69, 9.17) is 9.79 Å². The van der Waals surface area contributed by atoms with E-state index >= 15 is 0 Å². The first kappa shape index (κ1) is 16.4. The zero-order valence-corrected chi connectivity index (χ0v) is 13.2. The molecule has 0 aromatic rings. The molecule has 1 rings (SSSR count). The largest absolute Gasteiger partial charge is 0.348 e. The van der Waals surface area contributed by atoms with Crippen LogP contribution in [0.15, 0.2) is 35.2 Å². The van der Waals surface area contributed by atoms with Crippen LogP contribution in [0.5, 0.6) is 0 Å². The number of allylic oxidation sites excluding steroid dienone is 5. The highest BCUT2D eigenvalue weighted by atomic mass is 31.2. The summed E-state index contributed by atoms with van der Waals surface area (Å²) in [6.07, 6.45) is 9.28. The molecule has 0 aromatic heterocycles. The van der Waals surface area contributed by atoms with Gasteiger partial charge in [-0.2, -0.15) is 0 Å². The van der Waals surface area contributed by atoms with E-state index in [9.17, 15) is 4.57 Å².